The molecule has 0 aromatic carbocycles. The van der Waals surface area contributed by atoms with Gasteiger partial charge in [0.05, 0.1) is 7.11 Å². The molecule has 1 aromatic heterocycles. The Morgan fingerprint density at radius 3 is 2.69 bits per heavy atom. The molecule has 68 valence electrons. The van der Waals surface area contributed by atoms with E-state index in [-0.39, 0.29) is 5.91 Å². The van der Waals surface area contributed by atoms with Gasteiger partial charge in [-0.1, -0.05) is 0 Å². The van der Waals surface area contributed by atoms with E-state index in [1.54, 1.807) is 17.0 Å². The van der Waals surface area contributed by atoms with Crippen LogP contribution in [0.4, 0.5) is 0 Å². The Labute approximate surface area is 75.3 Å². The van der Waals surface area contributed by atoms with E-state index in [4.69, 9.17) is 4.74 Å². The quantitative estimate of drug-likeness (QED) is 0.597. The Kier molecular flexibility index (Phi) is 1.84. The van der Waals surface area contributed by atoms with Crippen LogP contribution in [0.1, 0.15) is 10.5 Å². The standard InChI is InChI=1S/C8H9N3O2/c1-13-7-3-2-6(9-10-7)8(12)11-4-5-11/h2-3H,4-5H2,1H3. The summed E-state index contributed by atoms with van der Waals surface area (Å²) >= 11 is 0. The van der Waals surface area contributed by atoms with Crippen molar-refractivity contribution >= 4 is 5.91 Å². The lowest BCUT2D eigenvalue weighted by Gasteiger charge is -2.00. The third-order valence-corrected chi connectivity index (χ3v) is 1.80. The molecule has 13 heavy (non-hydrogen) atoms. The molecule has 1 saturated heterocycles. The lowest BCUT2D eigenvalue weighted by molar-refractivity contribution is 0.0879. The monoisotopic (exact) mass is 179 g/mol. The smallest absolute Gasteiger partial charge is 0.274 e. The summed E-state index contributed by atoms with van der Waals surface area (Å²) in [6.45, 7) is 1.65. The number of carbonyl (C=O) groups excluding carboxylic acids is 1. The minimum Gasteiger partial charge on any atom is -0.480 e. The molecule has 1 aliphatic rings. The predicted octanol–water partition coefficient (Wildman–Crippen LogP) is -0.0590. The van der Waals surface area contributed by atoms with Crippen LogP contribution < -0.4 is 4.74 Å². The van der Waals surface area contributed by atoms with Gasteiger partial charge < -0.3 is 9.64 Å². The molecule has 0 saturated carbocycles. The second kappa shape index (κ2) is 3.01. The summed E-state index contributed by atoms with van der Waals surface area (Å²) < 4.78 is 4.83. The fraction of sp³-hybridized carbons (Fsp3) is 0.375. The zero-order chi connectivity index (χ0) is 9.26. The topological polar surface area (TPSA) is 55.1 Å². The van der Waals surface area contributed by atoms with E-state index in [2.05, 4.69) is 10.2 Å². The van der Waals surface area contributed by atoms with Crippen LogP contribution in [0.3, 0.4) is 0 Å². The van der Waals surface area contributed by atoms with Gasteiger partial charge in [-0.15, -0.1) is 10.2 Å². The Balaban J connectivity index is 2.16. The third kappa shape index (κ3) is 1.58. The van der Waals surface area contributed by atoms with Crippen LogP contribution in [-0.2, 0) is 0 Å². The van der Waals surface area contributed by atoms with Crippen molar-refractivity contribution in [2.75, 3.05) is 20.2 Å². The highest BCUT2D eigenvalue weighted by atomic mass is 16.5. The van der Waals surface area contributed by atoms with Crippen LogP contribution in [0.2, 0.25) is 0 Å². The maximum Gasteiger partial charge on any atom is 0.274 e. The van der Waals surface area contributed by atoms with Crippen LogP contribution in [-0.4, -0.2) is 41.2 Å². The van der Waals surface area contributed by atoms with Crippen molar-refractivity contribution in [3.05, 3.63) is 17.8 Å². The molecule has 0 atom stereocenters. The average Bonchev–Trinajstić information content (AvgIpc) is 3.00. The second-order valence-corrected chi connectivity index (χ2v) is 2.75. The van der Waals surface area contributed by atoms with Gasteiger partial charge in [0.2, 0.25) is 5.88 Å². The zero-order valence-corrected chi connectivity index (χ0v) is 7.23. The number of amides is 1. The molecule has 2 rings (SSSR count). The maximum absolute atomic E-state index is 11.4. The molecule has 1 amide bonds. The van der Waals surface area contributed by atoms with Crippen molar-refractivity contribution in [2.45, 2.75) is 0 Å². The van der Waals surface area contributed by atoms with Gasteiger partial charge in [0, 0.05) is 19.2 Å². The first-order valence-corrected chi connectivity index (χ1v) is 3.98. The van der Waals surface area contributed by atoms with Gasteiger partial charge in [0.1, 0.15) is 0 Å². The van der Waals surface area contributed by atoms with E-state index in [0.29, 0.717) is 11.6 Å². The molecule has 0 unspecified atom stereocenters. The molecular weight excluding hydrogens is 170 g/mol. The fourth-order valence-corrected chi connectivity index (χ4v) is 0.958. The van der Waals surface area contributed by atoms with E-state index in [0.717, 1.165) is 13.1 Å². The zero-order valence-electron chi connectivity index (χ0n) is 7.23. The summed E-state index contributed by atoms with van der Waals surface area (Å²) in [5.74, 6) is 0.359. The maximum atomic E-state index is 11.4. The number of ether oxygens (including phenoxy) is 1. The second-order valence-electron chi connectivity index (χ2n) is 2.75. The SMILES string of the molecule is COc1ccc(C(=O)N2CC2)nn1. The molecule has 5 nitrogen and oxygen atoms in total. The molecule has 0 bridgehead atoms. The van der Waals surface area contributed by atoms with Crippen molar-refractivity contribution in [1.82, 2.24) is 15.1 Å². The van der Waals surface area contributed by atoms with Gasteiger partial charge >= 0.3 is 0 Å². The number of rotatable bonds is 2. The van der Waals surface area contributed by atoms with E-state index < -0.39 is 0 Å². The Morgan fingerprint density at radius 1 is 1.46 bits per heavy atom. The predicted molar refractivity (Wildman–Crippen MR) is 44.5 cm³/mol. The summed E-state index contributed by atoms with van der Waals surface area (Å²) in [5, 5.41) is 7.45. The van der Waals surface area contributed by atoms with E-state index >= 15 is 0 Å². The van der Waals surface area contributed by atoms with Gasteiger partial charge in [-0.05, 0) is 6.07 Å². The number of hydrogen-bond acceptors (Lipinski definition) is 4. The van der Waals surface area contributed by atoms with Crippen molar-refractivity contribution in [2.24, 2.45) is 0 Å². The molecule has 2 heterocycles. The Morgan fingerprint density at radius 2 is 2.23 bits per heavy atom. The molecule has 1 aromatic rings. The first-order chi connectivity index (χ1) is 6.31. The van der Waals surface area contributed by atoms with E-state index in [9.17, 15) is 4.79 Å². The molecule has 0 N–H and O–H groups in total. The number of hydrogen-bond donors (Lipinski definition) is 0. The highest BCUT2D eigenvalue weighted by Crippen LogP contribution is 2.11. The first-order valence-electron chi connectivity index (χ1n) is 3.98. The number of nitrogens with zero attached hydrogens (tertiary/aromatic N) is 3. The lowest BCUT2D eigenvalue weighted by Crippen LogP contribution is -2.13. The molecule has 0 aliphatic carbocycles. The lowest BCUT2D eigenvalue weighted by atomic mass is 10.4. The summed E-state index contributed by atoms with van der Waals surface area (Å²) in [5.41, 5.74) is 0.373. The van der Waals surface area contributed by atoms with Crippen molar-refractivity contribution < 1.29 is 9.53 Å². The summed E-state index contributed by atoms with van der Waals surface area (Å²) in [6, 6.07) is 3.25. The van der Waals surface area contributed by atoms with Crippen LogP contribution in [0.25, 0.3) is 0 Å². The minimum atomic E-state index is -0.0600. The largest absolute Gasteiger partial charge is 0.480 e. The third-order valence-electron chi connectivity index (χ3n) is 1.80. The average molecular weight is 179 g/mol. The number of aromatic nitrogens is 2. The van der Waals surface area contributed by atoms with E-state index in [1.165, 1.54) is 7.11 Å². The number of methoxy groups -OCH3 is 1. The summed E-state index contributed by atoms with van der Waals surface area (Å²) in [7, 11) is 1.51. The van der Waals surface area contributed by atoms with Crippen LogP contribution in [0.5, 0.6) is 5.88 Å². The van der Waals surface area contributed by atoms with Gasteiger partial charge in [-0.25, -0.2) is 0 Å². The van der Waals surface area contributed by atoms with E-state index in [1.807, 2.05) is 0 Å². The molecule has 1 fully saturated rings. The molecular formula is C8H9N3O2. The van der Waals surface area contributed by atoms with Crippen LogP contribution in [0.15, 0.2) is 12.1 Å². The molecule has 1 aliphatic heterocycles. The Bertz CT molecular complexity index is 319. The number of carbonyl (C=O) groups is 1. The van der Waals surface area contributed by atoms with Gasteiger partial charge in [0.25, 0.3) is 5.91 Å². The molecule has 0 radical (unpaired) electrons. The highest BCUT2D eigenvalue weighted by molar-refractivity contribution is 5.93. The normalized spacial score (nSPS) is 14.1. The first kappa shape index (κ1) is 7.97. The minimum absolute atomic E-state index is 0.0600. The summed E-state index contributed by atoms with van der Waals surface area (Å²) in [6.07, 6.45) is 0. The van der Waals surface area contributed by atoms with Crippen LogP contribution >= 0.6 is 0 Å². The van der Waals surface area contributed by atoms with Gasteiger partial charge in [-0.2, -0.15) is 0 Å². The molecule has 5 heteroatoms. The Hall–Kier alpha value is -1.65. The van der Waals surface area contributed by atoms with Gasteiger partial charge in [0.15, 0.2) is 5.69 Å². The van der Waals surface area contributed by atoms with Crippen molar-refractivity contribution in [3.63, 3.8) is 0 Å². The fourth-order valence-electron chi connectivity index (χ4n) is 0.958. The highest BCUT2D eigenvalue weighted by Gasteiger charge is 2.26. The van der Waals surface area contributed by atoms with Crippen molar-refractivity contribution in [3.8, 4) is 5.88 Å². The van der Waals surface area contributed by atoms with Gasteiger partial charge in [-0.3, -0.25) is 4.79 Å². The molecule has 0 spiro atoms. The van der Waals surface area contributed by atoms with Crippen molar-refractivity contribution in [1.29, 1.82) is 0 Å². The summed E-state index contributed by atoms with van der Waals surface area (Å²) in [4.78, 5) is 13.1. The van der Waals surface area contributed by atoms with Crippen LogP contribution in [0, 0.1) is 0 Å².